The van der Waals surface area contributed by atoms with Crippen molar-refractivity contribution >= 4 is 27.5 Å². The molecule has 5 heteroatoms. The molecule has 0 radical (unpaired) electrons. The Morgan fingerprint density at radius 2 is 2.11 bits per heavy atom. The molecule has 0 amide bonds. The van der Waals surface area contributed by atoms with Gasteiger partial charge in [-0.15, -0.1) is 11.3 Å². The first kappa shape index (κ1) is 12.7. The minimum atomic E-state index is 0.0787. The quantitative estimate of drug-likeness (QED) is 0.856. The van der Waals surface area contributed by atoms with Crippen LogP contribution in [-0.2, 0) is 0 Å². The molecule has 2 heterocycles. The standard InChI is InChI=1S/C14H17N3OS/c1-8(18)13-6-11-14(19-13)17-12(7-16-11)9-2-4-10(15)5-3-9/h6-7,9-10H,2-5,15H2,1H3. The Morgan fingerprint density at radius 1 is 1.37 bits per heavy atom. The van der Waals surface area contributed by atoms with E-state index in [1.54, 1.807) is 6.92 Å². The number of fused-ring (bicyclic) bond motifs is 1. The fraction of sp³-hybridized carbons (Fsp3) is 0.500. The molecule has 19 heavy (non-hydrogen) atoms. The molecule has 1 saturated carbocycles. The maximum Gasteiger partial charge on any atom is 0.169 e. The van der Waals surface area contributed by atoms with Crippen molar-refractivity contribution < 1.29 is 4.79 Å². The van der Waals surface area contributed by atoms with Crippen LogP contribution < -0.4 is 5.73 Å². The highest BCUT2D eigenvalue weighted by molar-refractivity contribution is 7.20. The number of thiophene rings is 1. The molecule has 0 saturated heterocycles. The summed E-state index contributed by atoms with van der Waals surface area (Å²) in [7, 11) is 0. The molecule has 100 valence electrons. The van der Waals surface area contributed by atoms with Gasteiger partial charge >= 0.3 is 0 Å². The van der Waals surface area contributed by atoms with E-state index in [9.17, 15) is 4.79 Å². The van der Waals surface area contributed by atoms with Crippen LogP contribution in [0.4, 0.5) is 0 Å². The van der Waals surface area contributed by atoms with Gasteiger partial charge in [0.15, 0.2) is 5.78 Å². The van der Waals surface area contributed by atoms with E-state index in [-0.39, 0.29) is 5.78 Å². The van der Waals surface area contributed by atoms with Crippen LogP contribution in [0.15, 0.2) is 12.3 Å². The first-order valence-corrected chi connectivity index (χ1v) is 7.48. The number of nitrogens with zero attached hydrogens (tertiary/aromatic N) is 2. The molecule has 0 spiro atoms. The third kappa shape index (κ3) is 2.53. The number of hydrogen-bond donors (Lipinski definition) is 1. The van der Waals surface area contributed by atoms with Crippen molar-refractivity contribution in [1.29, 1.82) is 0 Å². The summed E-state index contributed by atoms with van der Waals surface area (Å²) < 4.78 is 0. The van der Waals surface area contributed by atoms with Crippen LogP contribution in [0.1, 0.15) is 53.9 Å². The second-order valence-electron chi connectivity index (χ2n) is 5.26. The molecule has 1 aliphatic carbocycles. The van der Waals surface area contributed by atoms with Crippen molar-refractivity contribution in [3.63, 3.8) is 0 Å². The van der Waals surface area contributed by atoms with E-state index in [1.165, 1.54) is 11.3 Å². The van der Waals surface area contributed by atoms with E-state index in [1.807, 2.05) is 12.3 Å². The molecular formula is C14H17N3OS. The Hall–Kier alpha value is -1.33. The Balaban J connectivity index is 1.90. The third-order valence-corrected chi connectivity index (χ3v) is 4.92. The van der Waals surface area contributed by atoms with Gasteiger partial charge in [0.05, 0.1) is 10.6 Å². The van der Waals surface area contributed by atoms with Gasteiger partial charge in [0.25, 0.3) is 0 Å². The lowest BCUT2D eigenvalue weighted by Gasteiger charge is -2.25. The minimum Gasteiger partial charge on any atom is -0.328 e. The molecule has 0 bridgehead atoms. The maximum atomic E-state index is 11.4. The van der Waals surface area contributed by atoms with Crippen LogP contribution in [-0.4, -0.2) is 21.8 Å². The predicted octanol–water partition coefficient (Wildman–Crippen LogP) is 2.88. The molecular weight excluding hydrogens is 258 g/mol. The summed E-state index contributed by atoms with van der Waals surface area (Å²) in [6.07, 6.45) is 6.17. The van der Waals surface area contributed by atoms with Gasteiger partial charge < -0.3 is 5.73 Å². The molecule has 2 aromatic rings. The lowest BCUT2D eigenvalue weighted by atomic mass is 9.85. The SMILES string of the molecule is CC(=O)c1cc2ncc(C3CCC(N)CC3)nc2s1. The minimum absolute atomic E-state index is 0.0787. The predicted molar refractivity (Wildman–Crippen MR) is 76.6 cm³/mol. The highest BCUT2D eigenvalue weighted by Crippen LogP contribution is 2.32. The van der Waals surface area contributed by atoms with Crippen molar-refractivity contribution in [3.05, 3.63) is 22.8 Å². The normalized spacial score (nSPS) is 23.7. The van der Waals surface area contributed by atoms with E-state index in [2.05, 4.69) is 9.97 Å². The van der Waals surface area contributed by atoms with Crippen molar-refractivity contribution in [2.45, 2.75) is 44.6 Å². The largest absolute Gasteiger partial charge is 0.328 e. The maximum absolute atomic E-state index is 11.4. The van der Waals surface area contributed by atoms with Crippen molar-refractivity contribution in [2.24, 2.45) is 5.73 Å². The zero-order valence-electron chi connectivity index (χ0n) is 10.9. The number of rotatable bonds is 2. The Kier molecular flexibility index (Phi) is 3.33. The van der Waals surface area contributed by atoms with Crippen LogP contribution in [0.2, 0.25) is 0 Å². The number of carbonyl (C=O) groups excluding carboxylic acids is 1. The topological polar surface area (TPSA) is 68.9 Å². The highest BCUT2D eigenvalue weighted by atomic mass is 32.1. The summed E-state index contributed by atoms with van der Waals surface area (Å²) in [4.78, 5) is 22.1. The molecule has 0 aromatic carbocycles. The molecule has 2 N–H and O–H groups in total. The lowest BCUT2D eigenvalue weighted by Crippen LogP contribution is -2.26. The van der Waals surface area contributed by atoms with E-state index in [0.29, 0.717) is 12.0 Å². The molecule has 0 aliphatic heterocycles. The number of carbonyl (C=O) groups is 1. The second kappa shape index (κ2) is 4.98. The molecule has 4 nitrogen and oxygen atoms in total. The first-order valence-electron chi connectivity index (χ1n) is 6.66. The number of ketones is 1. The van der Waals surface area contributed by atoms with Gasteiger partial charge in [-0.25, -0.2) is 4.98 Å². The van der Waals surface area contributed by atoms with Gasteiger partial charge in [-0.2, -0.15) is 0 Å². The van der Waals surface area contributed by atoms with Crippen LogP contribution in [0, 0.1) is 0 Å². The van der Waals surface area contributed by atoms with Crippen molar-refractivity contribution in [3.8, 4) is 0 Å². The molecule has 0 unspecified atom stereocenters. The monoisotopic (exact) mass is 275 g/mol. The van der Waals surface area contributed by atoms with E-state index < -0.39 is 0 Å². The first-order chi connectivity index (χ1) is 9.13. The third-order valence-electron chi connectivity index (χ3n) is 3.80. The fourth-order valence-corrected chi connectivity index (χ4v) is 3.50. The molecule has 1 fully saturated rings. The Labute approximate surface area is 116 Å². The number of hydrogen-bond acceptors (Lipinski definition) is 5. The van der Waals surface area contributed by atoms with Gasteiger partial charge in [-0.1, -0.05) is 0 Å². The zero-order valence-corrected chi connectivity index (χ0v) is 11.7. The van der Waals surface area contributed by atoms with Gasteiger partial charge in [0, 0.05) is 18.2 Å². The van der Waals surface area contributed by atoms with Gasteiger partial charge in [-0.05, 0) is 38.7 Å². The Bertz CT molecular complexity index is 614. The summed E-state index contributed by atoms with van der Waals surface area (Å²) in [5.41, 5.74) is 7.81. The average Bonchev–Trinajstić information content (AvgIpc) is 2.82. The molecule has 3 rings (SSSR count). The molecule has 2 aromatic heterocycles. The number of nitrogens with two attached hydrogens (primary N) is 1. The van der Waals surface area contributed by atoms with Crippen LogP contribution in [0.5, 0.6) is 0 Å². The van der Waals surface area contributed by atoms with Gasteiger partial charge in [0.2, 0.25) is 0 Å². The fourth-order valence-electron chi connectivity index (χ4n) is 2.61. The van der Waals surface area contributed by atoms with Crippen molar-refractivity contribution in [2.75, 3.05) is 0 Å². The molecule has 1 aliphatic rings. The second-order valence-corrected chi connectivity index (χ2v) is 6.29. The summed E-state index contributed by atoms with van der Waals surface area (Å²) in [6, 6.07) is 2.18. The van der Waals surface area contributed by atoms with Crippen LogP contribution in [0.3, 0.4) is 0 Å². The Morgan fingerprint density at radius 3 is 2.79 bits per heavy atom. The van der Waals surface area contributed by atoms with Gasteiger partial charge in [-0.3, -0.25) is 9.78 Å². The molecule has 0 atom stereocenters. The zero-order chi connectivity index (χ0) is 13.4. The number of aromatic nitrogens is 2. The number of Topliss-reactive ketones (excluding diaryl/α,β-unsaturated/α-hetero) is 1. The summed E-state index contributed by atoms with van der Waals surface area (Å²) >= 11 is 1.44. The summed E-state index contributed by atoms with van der Waals surface area (Å²) in [5, 5.41) is 0. The summed E-state index contributed by atoms with van der Waals surface area (Å²) in [6.45, 7) is 1.58. The van der Waals surface area contributed by atoms with Crippen molar-refractivity contribution in [1.82, 2.24) is 9.97 Å². The van der Waals surface area contributed by atoms with Crippen LogP contribution >= 0.6 is 11.3 Å². The van der Waals surface area contributed by atoms with E-state index in [0.717, 1.165) is 46.6 Å². The lowest BCUT2D eigenvalue weighted by molar-refractivity contribution is 0.102. The van der Waals surface area contributed by atoms with Gasteiger partial charge in [0.1, 0.15) is 10.3 Å². The average molecular weight is 275 g/mol. The van der Waals surface area contributed by atoms with Crippen LogP contribution in [0.25, 0.3) is 10.3 Å². The van der Waals surface area contributed by atoms with E-state index >= 15 is 0 Å². The van der Waals surface area contributed by atoms with E-state index in [4.69, 9.17) is 5.73 Å². The smallest absolute Gasteiger partial charge is 0.169 e. The highest BCUT2D eigenvalue weighted by Gasteiger charge is 2.22. The summed E-state index contributed by atoms with van der Waals surface area (Å²) in [5.74, 6) is 0.551.